The third-order valence-electron chi connectivity index (χ3n) is 7.04. The largest absolute Gasteiger partial charge is 0.487 e. The number of piperazine rings is 1. The van der Waals surface area contributed by atoms with Crippen LogP contribution in [0.3, 0.4) is 0 Å². The SMILES string of the molecule is C=CC(=O)N1CCN2C(=O)c3c(N4CC(O)CC4(C)C)nc(-c4ncccc4F)c(F)c3OC[C@H]2C1. The highest BCUT2D eigenvalue weighted by Crippen LogP contribution is 2.43. The Morgan fingerprint density at radius 1 is 1.28 bits per heavy atom. The lowest BCUT2D eigenvalue weighted by Gasteiger charge is -2.40. The van der Waals surface area contributed by atoms with Crippen molar-refractivity contribution in [3.63, 3.8) is 0 Å². The minimum Gasteiger partial charge on any atom is -0.487 e. The molecule has 2 fully saturated rings. The Morgan fingerprint density at radius 2 is 2.06 bits per heavy atom. The molecule has 3 aliphatic rings. The lowest BCUT2D eigenvalue weighted by atomic mass is 10.00. The van der Waals surface area contributed by atoms with Gasteiger partial charge in [-0.1, -0.05) is 6.58 Å². The highest BCUT2D eigenvalue weighted by Gasteiger charge is 2.45. The molecule has 0 bridgehead atoms. The number of halogens is 2. The predicted octanol–water partition coefficient (Wildman–Crippen LogP) is 2.00. The average molecular weight is 500 g/mol. The number of carbonyl (C=O) groups excluding carboxylic acids is 2. The smallest absolute Gasteiger partial charge is 0.262 e. The van der Waals surface area contributed by atoms with Crippen LogP contribution < -0.4 is 9.64 Å². The molecule has 1 N–H and O–H groups in total. The third-order valence-corrected chi connectivity index (χ3v) is 7.04. The first-order chi connectivity index (χ1) is 17.1. The summed E-state index contributed by atoms with van der Waals surface area (Å²) in [7, 11) is 0. The minimum atomic E-state index is -0.990. The second-order valence-corrected chi connectivity index (χ2v) is 9.87. The number of hydrogen-bond donors (Lipinski definition) is 1. The van der Waals surface area contributed by atoms with E-state index in [0.717, 1.165) is 6.07 Å². The number of aliphatic hydroxyl groups excluding tert-OH is 1. The van der Waals surface area contributed by atoms with E-state index >= 15 is 4.39 Å². The molecule has 0 aromatic carbocycles. The number of aromatic nitrogens is 2. The fraction of sp³-hybridized carbons (Fsp3) is 0.440. The van der Waals surface area contributed by atoms with E-state index in [1.807, 2.05) is 13.8 Å². The monoisotopic (exact) mass is 499 g/mol. The molecule has 0 radical (unpaired) electrons. The average Bonchev–Trinajstić information content (AvgIpc) is 3.04. The molecular weight excluding hydrogens is 472 g/mol. The highest BCUT2D eigenvalue weighted by atomic mass is 19.1. The van der Waals surface area contributed by atoms with Crippen molar-refractivity contribution in [2.45, 2.75) is 38.0 Å². The standard InChI is InChI=1S/C25H27F2N5O4/c1-4-17(34)30-8-9-31-14(11-30)13-36-22-18(24(31)35)23(32-12-15(33)10-25(32,2)3)29-21(19(22)27)20-16(26)6-5-7-28-20/h4-7,14-15,33H,1,8-13H2,2-3H3/t14-,15?/m1/s1. The maximum absolute atomic E-state index is 15.9. The number of amides is 2. The van der Waals surface area contributed by atoms with E-state index in [1.165, 1.54) is 18.3 Å². The summed E-state index contributed by atoms with van der Waals surface area (Å²) >= 11 is 0. The van der Waals surface area contributed by atoms with Crippen LogP contribution in [0.15, 0.2) is 31.0 Å². The zero-order valence-electron chi connectivity index (χ0n) is 20.1. The van der Waals surface area contributed by atoms with E-state index in [1.54, 1.807) is 14.7 Å². The zero-order valence-corrected chi connectivity index (χ0v) is 20.1. The van der Waals surface area contributed by atoms with Gasteiger partial charge in [0.1, 0.15) is 29.4 Å². The van der Waals surface area contributed by atoms with E-state index in [-0.39, 0.29) is 60.7 Å². The normalized spacial score (nSPS) is 23.0. The second kappa shape index (κ2) is 8.81. The van der Waals surface area contributed by atoms with Crippen molar-refractivity contribution in [1.29, 1.82) is 0 Å². The van der Waals surface area contributed by atoms with Crippen LogP contribution in [0.1, 0.15) is 30.6 Å². The molecule has 0 saturated carbocycles. The van der Waals surface area contributed by atoms with Gasteiger partial charge in [0.25, 0.3) is 5.91 Å². The quantitative estimate of drug-likeness (QED) is 0.645. The number of pyridine rings is 2. The maximum Gasteiger partial charge on any atom is 0.262 e. The summed E-state index contributed by atoms with van der Waals surface area (Å²) in [6.07, 6.45) is 2.24. The van der Waals surface area contributed by atoms with Crippen molar-refractivity contribution in [3.05, 3.63) is 48.2 Å². The van der Waals surface area contributed by atoms with Gasteiger partial charge in [0.2, 0.25) is 5.91 Å². The van der Waals surface area contributed by atoms with Crippen LogP contribution >= 0.6 is 0 Å². The van der Waals surface area contributed by atoms with Crippen LogP contribution in [0.4, 0.5) is 14.6 Å². The van der Waals surface area contributed by atoms with Gasteiger partial charge < -0.3 is 24.5 Å². The van der Waals surface area contributed by atoms with E-state index in [0.29, 0.717) is 13.0 Å². The van der Waals surface area contributed by atoms with E-state index in [4.69, 9.17) is 4.74 Å². The van der Waals surface area contributed by atoms with Gasteiger partial charge in [-0.15, -0.1) is 0 Å². The Labute approximate surface area is 207 Å². The van der Waals surface area contributed by atoms with Crippen LogP contribution in [0.25, 0.3) is 11.4 Å². The van der Waals surface area contributed by atoms with Gasteiger partial charge in [-0.2, -0.15) is 0 Å². The van der Waals surface area contributed by atoms with Gasteiger partial charge in [0, 0.05) is 37.9 Å². The lowest BCUT2D eigenvalue weighted by Crippen LogP contribution is -2.57. The molecule has 2 aromatic heterocycles. The molecule has 5 rings (SSSR count). The van der Waals surface area contributed by atoms with Gasteiger partial charge in [-0.3, -0.25) is 14.6 Å². The summed E-state index contributed by atoms with van der Waals surface area (Å²) in [5, 5.41) is 10.4. The van der Waals surface area contributed by atoms with Gasteiger partial charge in [0.15, 0.2) is 17.4 Å². The first-order valence-corrected chi connectivity index (χ1v) is 11.8. The highest BCUT2D eigenvalue weighted by molar-refractivity contribution is 6.03. The molecule has 36 heavy (non-hydrogen) atoms. The molecule has 0 aliphatic carbocycles. The topological polar surface area (TPSA) is 99.1 Å². The molecular formula is C25H27F2N5O4. The van der Waals surface area contributed by atoms with Crippen molar-refractivity contribution >= 4 is 17.6 Å². The molecule has 11 heteroatoms. The Hall–Kier alpha value is -3.60. The van der Waals surface area contributed by atoms with E-state index in [9.17, 15) is 19.1 Å². The van der Waals surface area contributed by atoms with Gasteiger partial charge >= 0.3 is 0 Å². The molecule has 2 saturated heterocycles. The lowest BCUT2D eigenvalue weighted by molar-refractivity contribution is -0.128. The number of aliphatic hydroxyl groups is 1. The summed E-state index contributed by atoms with van der Waals surface area (Å²) in [5.74, 6) is -2.76. The number of fused-ring (bicyclic) bond motifs is 2. The van der Waals surface area contributed by atoms with E-state index in [2.05, 4.69) is 16.5 Å². The number of rotatable bonds is 3. The fourth-order valence-corrected chi connectivity index (χ4v) is 5.27. The summed E-state index contributed by atoms with van der Waals surface area (Å²) in [4.78, 5) is 39.3. The molecule has 3 aliphatic heterocycles. The predicted molar refractivity (Wildman–Crippen MR) is 127 cm³/mol. The summed E-state index contributed by atoms with van der Waals surface area (Å²) in [5.41, 5.74) is -1.40. The number of β-amino-alcohol motifs (C(OH)–C–C–N with tert-alkyl or cyclic N) is 1. The van der Waals surface area contributed by atoms with Crippen LogP contribution in [0.5, 0.6) is 5.75 Å². The summed E-state index contributed by atoms with van der Waals surface area (Å²) in [6.45, 7) is 8.06. The molecule has 2 atom stereocenters. The maximum atomic E-state index is 15.9. The Morgan fingerprint density at radius 3 is 2.72 bits per heavy atom. The van der Waals surface area contributed by atoms with Crippen molar-refractivity contribution in [3.8, 4) is 17.1 Å². The molecule has 0 spiro atoms. The van der Waals surface area contributed by atoms with Gasteiger partial charge in [0.05, 0.1) is 12.1 Å². The Bertz CT molecular complexity index is 1250. The molecule has 9 nitrogen and oxygen atoms in total. The van der Waals surface area contributed by atoms with Crippen LogP contribution in [0, 0.1) is 11.6 Å². The fourth-order valence-electron chi connectivity index (χ4n) is 5.27. The number of anilines is 1. The minimum absolute atomic E-state index is 0.0732. The second-order valence-electron chi connectivity index (χ2n) is 9.87. The van der Waals surface area contributed by atoms with Crippen LogP contribution in [0.2, 0.25) is 0 Å². The zero-order chi connectivity index (χ0) is 25.8. The van der Waals surface area contributed by atoms with Crippen molar-refractivity contribution in [1.82, 2.24) is 19.8 Å². The van der Waals surface area contributed by atoms with Crippen LogP contribution in [-0.2, 0) is 4.79 Å². The van der Waals surface area contributed by atoms with Gasteiger partial charge in [-0.05, 0) is 38.5 Å². The molecule has 2 aromatic rings. The molecule has 5 heterocycles. The number of carbonyl (C=O) groups is 2. The number of ether oxygens (including phenoxy) is 1. The first-order valence-electron chi connectivity index (χ1n) is 11.8. The molecule has 1 unspecified atom stereocenters. The molecule has 190 valence electrons. The Kier molecular flexibility index (Phi) is 5.90. The van der Waals surface area contributed by atoms with Gasteiger partial charge in [-0.25, -0.2) is 13.8 Å². The first kappa shape index (κ1) is 24.1. The number of hydrogen-bond acceptors (Lipinski definition) is 7. The summed E-state index contributed by atoms with van der Waals surface area (Å²) in [6, 6.07) is 2.01. The van der Waals surface area contributed by atoms with E-state index < -0.39 is 35.2 Å². The Balaban J connectivity index is 1.68. The number of nitrogens with zero attached hydrogens (tertiary/aromatic N) is 5. The van der Waals surface area contributed by atoms with Crippen molar-refractivity contribution < 1.29 is 28.2 Å². The van der Waals surface area contributed by atoms with Crippen molar-refractivity contribution in [2.24, 2.45) is 0 Å². The third kappa shape index (κ3) is 3.87. The summed E-state index contributed by atoms with van der Waals surface area (Å²) < 4.78 is 36.5. The molecule has 2 amide bonds. The van der Waals surface area contributed by atoms with Crippen LogP contribution in [-0.4, -0.2) is 87.2 Å². The van der Waals surface area contributed by atoms with Crippen molar-refractivity contribution in [2.75, 3.05) is 37.7 Å².